The molecule has 0 saturated heterocycles. The van der Waals surface area contributed by atoms with E-state index < -0.39 is 0 Å². The van der Waals surface area contributed by atoms with Crippen LogP contribution in [-0.4, -0.2) is 0 Å². The maximum Gasteiger partial charge on any atom is 0.00774 e. The summed E-state index contributed by atoms with van der Waals surface area (Å²) in [4.78, 5) is 3.13. The molecule has 0 atom stereocenters. The number of aryl methyl sites for hydroxylation is 2. The van der Waals surface area contributed by atoms with Crippen LogP contribution in [0, 0.1) is 0 Å². The van der Waals surface area contributed by atoms with Crippen molar-refractivity contribution in [3.8, 4) is 0 Å². The van der Waals surface area contributed by atoms with Crippen LogP contribution in [0.4, 0.5) is 0 Å². The fraction of sp³-hybridized carbons (Fsp3) is 0.636. The zero-order chi connectivity index (χ0) is 9.14. The molecule has 0 unspecified atom stereocenters. The van der Waals surface area contributed by atoms with Gasteiger partial charge in [-0.25, -0.2) is 0 Å². The van der Waals surface area contributed by atoms with Crippen molar-refractivity contribution in [1.82, 2.24) is 0 Å². The number of hydrogen-bond acceptors (Lipinski definition) is 1. The van der Waals surface area contributed by atoms with Gasteiger partial charge in [-0.05, 0) is 30.4 Å². The SMILES string of the molecule is CCc1cc(C(C)C)sc1CC. The maximum absolute atomic E-state index is 2.38. The second kappa shape index (κ2) is 4.08. The highest BCUT2D eigenvalue weighted by Crippen LogP contribution is 2.28. The largest absolute Gasteiger partial charge is 0.145 e. The molecule has 0 aliphatic heterocycles. The molecule has 0 saturated carbocycles. The number of rotatable bonds is 3. The molecule has 0 N–H and O–H groups in total. The lowest BCUT2D eigenvalue weighted by Crippen LogP contribution is -1.81. The van der Waals surface area contributed by atoms with Crippen molar-refractivity contribution in [2.75, 3.05) is 0 Å². The standard InChI is InChI=1S/C11H18S/c1-5-9-7-11(8(3)4)12-10(9)6-2/h7-8H,5-6H2,1-4H3. The quantitative estimate of drug-likeness (QED) is 0.663. The Bertz CT molecular complexity index is 224. The van der Waals surface area contributed by atoms with E-state index in [0.29, 0.717) is 5.92 Å². The lowest BCUT2D eigenvalue weighted by molar-refractivity contribution is 0.887. The minimum absolute atomic E-state index is 0.695. The summed E-state index contributed by atoms with van der Waals surface area (Å²) in [5.41, 5.74) is 1.56. The van der Waals surface area contributed by atoms with Crippen LogP contribution < -0.4 is 0 Å². The van der Waals surface area contributed by atoms with Crippen molar-refractivity contribution < 1.29 is 0 Å². The van der Waals surface area contributed by atoms with E-state index in [4.69, 9.17) is 0 Å². The monoisotopic (exact) mass is 182 g/mol. The van der Waals surface area contributed by atoms with Gasteiger partial charge in [0.15, 0.2) is 0 Å². The van der Waals surface area contributed by atoms with Gasteiger partial charge in [-0.1, -0.05) is 27.7 Å². The van der Waals surface area contributed by atoms with Crippen LogP contribution in [0.25, 0.3) is 0 Å². The van der Waals surface area contributed by atoms with Crippen molar-refractivity contribution in [1.29, 1.82) is 0 Å². The highest BCUT2D eigenvalue weighted by molar-refractivity contribution is 7.12. The Morgan fingerprint density at radius 3 is 2.25 bits per heavy atom. The Labute approximate surface area is 79.6 Å². The zero-order valence-electron chi connectivity index (χ0n) is 8.48. The minimum atomic E-state index is 0.695. The van der Waals surface area contributed by atoms with E-state index in [2.05, 4.69) is 33.8 Å². The number of thiophene rings is 1. The Hall–Kier alpha value is -0.300. The molecule has 1 heterocycles. The summed E-state index contributed by atoms with van der Waals surface area (Å²) >= 11 is 1.99. The van der Waals surface area contributed by atoms with E-state index in [1.165, 1.54) is 12.8 Å². The molecule has 0 fully saturated rings. The van der Waals surface area contributed by atoms with Crippen LogP contribution >= 0.6 is 11.3 Å². The molecule has 0 aliphatic carbocycles. The van der Waals surface area contributed by atoms with Gasteiger partial charge in [0, 0.05) is 9.75 Å². The average Bonchev–Trinajstić information content (AvgIpc) is 2.46. The van der Waals surface area contributed by atoms with E-state index in [9.17, 15) is 0 Å². The van der Waals surface area contributed by atoms with Crippen molar-refractivity contribution in [3.05, 3.63) is 21.4 Å². The molecular weight excluding hydrogens is 164 g/mol. The first-order chi connectivity index (χ1) is 5.69. The summed E-state index contributed by atoms with van der Waals surface area (Å²) in [5.74, 6) is 0.695. The van der Waals surface area contributed by atoms with Gasteiger partial charge in [0.05, 0.1) is 0 Å². The molecule has 0 spiro atoms. The van der Waals surface area contributed by atoms with E-state index in [1.54, 1.807) is 15.3 Å². The first-order valence-corrected chi connectivity index (χ1v) is 5.62. The molecule has 0 nitrogen and oxygen atoms in total. The van der Waals surface area contributed by atoms with Crippen molar-refractivity contribution >= 4 is 11.3 Å². The van der Waals surface area contributed by atoms with Gasteiger partial charge in [-0.15, -0.1) is 11.3 Å². The molecule has 0 aliphatic rings. The Morgan fingerprint density at radius 1 is 1.25 bits per heavy atom. The number of hydrogen-bond donors (Lipinski definition) is 0. The third-order valence-electron chi connectivity index (χ3n) is 2.19. The highest BCUT2D eigenvalue weighted by Gasteiger charge is 2.07. The Balaban J connectivity index is 2.97. The fourth-order valence-corrected chi connectivity index (χ4v) is 2.57. The second-order valence-electron chi connectivity index (χ2n) is 3.46. The molecule has 1 aromatic heterocycles. The normalized spacial score (nSPS) is 11.1. The Kier molecular flexibility index (Phi) is 3.33. The molecule has 0 radical (unpaired) electrons. The van der Waals surface area contributed by atoms with Crippen LogP contribution in [0.2, 0.25) is 0 Å². The summed E-state index contributed by atoms with van der Waals surface area (Å²) < 4.78 is 0. The molecule has 12 heavy (non-hydrogen) atoms. The summed E-state index contributed by atoms with van der Waals surface area (Å²) in [7, 11) is 0. The van der Waals surface area contributed by atoms with Crippen LogP contribution in [0.1, 0.15) is 48.9 Å². The molecule has 0 bridgehead atoms. The third-order valence-corrected chi connectivity index (χ3v) is 3.81. The maximum atomic E-state index is 2.38. The van der Waals surface area contributed by atoms with Gasteiger partial charge in [-0.2, -0.15) is 0 Å². The molecule has 1 aromatic rings. The van der Waals surface area contributed by atoms with Crippen LogP contribution in [0.5, 0.6) is 0 Å². The lowest BCUT2D eigenvalue weighted by atomic mass is 10.1. The zero-order valence-corrected chi connectivity index (χ0v) is 9.29. The van der Waals surface area contributed by atoms with Gasteiger partial charge in [0.1, 0.15) is 0 Å². The molecule has 0 aromatic carbocycles. The van der Waals surface area contributed by atoms with Crippen molar-refractivity contribution in [2.45, 2.75) is 46.5 Å². The molecular formula is C11H18S. The molecule has 1 heteroatoms. The Morgan fingerprint density at radius 2 is 1.92 bits per heavy atom. The minimum Gasteiger partial charge on any atom is -0.145 e. The topological polar surface area (TPSA) is 0 Å². The van der Waals surface area contributed by atoms with Gasteiger partial charge in [-0.3, -0.25) is 0 Å². The van der Waals surface area contributed by atoms with E-state index in [-0.39, 0.29) is 0 Å². The van der Waals surface area contributed by atoms with Gasteiger partial charge in [0.25, 0.3) is 0 Å². The predicted molar refractivity (Wildman–Crippen MR) is 57.2 cm³/mol. The van der Waals surface area contributed by atoms with Crippen molar-refractivity contribution in [2.24, 2.45) is 0 Å². The van der Waals surface area contributed by atoms with E-state index in [0.717, 1.165) is 0 Å². The lowest BCUT2D eigenvalue weighted by Gasteiger charge is -1.96. The predicted octanol–water partition coefficient (Wildman–Crippen LogP) is 4.00. The van der Waals surface area contributed by atoms with E-state index in [1.807, 2.05) is 11.3 Å². The summed E-state index contributed by atoms with van der Waals surface area (Å²) in [6.45, 7) is 9.02. The van der Waals surface area contributed by atoms with Gasteiger partial charge < -0.3 is 0 Å². The first-order valence-electron chi connectivity index (χ1n) is 4.80. The summed E-state index contributed by atoms with van der Waals surface area (Å²) in [6.07, 6.45) is 2.38. The molecule has 0 amide bonds. The second-order valence-corrected chi connectivity index (χ2v) is 4.63. The van der Waals surface area contributed by atoms with Crippen LogP contribution in [0.15, 0.2) is 6.07 Å². The molecule has 1 rings (SSSR count). The van der Waals surface area contributed by atoms with E-state index >= 15 is 0 Å². The fourth-order valence-electron chi connectivity index (χ4n) is 1.37. The summed E-state index contributed by atoms with van der Waals surface area (Å²) in [5, 5.41) is 0. The molecule has 68 valence electrons. The van der Waals surface area contributed by atoms with Crippen molar-refractivity contribution in [3.63, 3.8) is 0 Å². The first kappa shape index (κ1) is 9.79. The highest BCUT2D eigenvalue weighted by atomic mass is 32.1. The summed E-state index contributed by atoms with van der Waals surface area (Å²) in [6, 6.07) is 2.38. The smallest absolute Gasteiger partial charge is 0.00774 e. The van der Waals surface area contributed by atoms with Crippen LogP contribution in [-0.2, 0) is 12.8 Å². The van der Waals surface area contributed by atoms with Gasteiger partial charge in [0.2, 0.25) is 0 Å². The third kappa shape index (κ3) is 1.89. The van der Waals surface area contributed by atoms with Crippen LogP contribution in [0.3, 0.4) is 0 Å². The average molecular weight is 182 g/mol. The van der Waals surface area contributed by atoms with Gasteiger partial charge >= 0.3 is 0 Å².